The number of methoxy groups -OCH3 is 1. The second-order valence-corrected chi connectivity index (χ2v) is 3.82. The van der Waals surface area contributed by atoms with Gasteiger partial charge in [0.2, 0.25) is 0 Å². The largest absolute Gasteiger partial charge is 0.497 e. The summed E-state index contributed by atoms with van der Waals surface area (Å²) in [6, 6.07) is 16.5. The van der Waals surface area contributed by atoms with Crippen LogP contribution < -0.4 is 4.74 Å². The maximum Gasteiger partial charge on any atom is 0.118 e. The van der Waals surface area contributed by atoms with Crippen LogP contribution >= 0.6 is 0 Å². The van der Waals surface area contributed by atoms with Crippen molar-refractivity contribution in [1.82, 2.24) is 0 Å². The predicted octanol–water partition coefficient (Wildman–Crippen LogP) is 4.40. The second kappa shape index (κ2) is 5.35. The van der Waals surface area contributed by atoms with Gasteiger partial charge in [0.1, 0.15) is 5.75 Å². The van der Waals surface area contributed by atoms with Gasteiger partial charge in [0.25, 0.3) is 0 Å². The molecule has 0 radical (unpaired) electrons. The van der Waals surface area contributed by atoms with E-state index >= 15 is 0 Å². The van der Waals surface area contributed by atoms with Gasteiger partial charge in [-0.25, -0.2) is 0 Å². The zero-order valence-electron chi connectivity index (χ0n) is 10.2. The van der Waals surface area contributed by atoms with Crippen molar-refractivity contribution < 1.29 is 4.74 Å². The van der Waals surface area contributed by atoms with Gasteiger partial charge in [0.05, 0.1) is 7.11 Å². The minimum Gasteiger partial charge on any atom is -0.497 e. The van der Waals surface area contributed by atoms with Gasteiger partial charge in [-0.3, -0.25) is 0 Å². The highest BCUT2D eigenvalue weighted by Crippen LogP contribution is 2.26. The Morgan fingerprint density at radius 1 is 0.941 bits per heavy atom. The quantitative estimate of drug-likeness (QED) is 0.751. The lowest BCUT2D eigenvalue weighted by Crippen LogP contribution is -1.85. The summed E-state index contributed by atoms with van der Waals surface area (Å²) in [5.41, 5.74) is 3.69. The molecule has 0 bridgehead atoms. The van der Waals surface area contributed by atoms with E-state index in [9.17, 15) is 0 Å². The molecule has 2 aromatic rings. The fourth-order valence-corrected chi connectivity index (χ4v) is 1.86. The van der Waals surface area contributed by atoms with Crippen molar-refractivity contribution in [3.05, 3.63) is 60.2 Å². The number of rotatable bonds is 3. The maximum absolute atomic E-state index is 5.17. The normalized spacial score (nSPS) is 10.7. The van der Waals surface area contributed by atoms with E-state index in [4.69, 9.17) is 4.74 Å². The minimum atomic E-state index is 0.886. The Labute approximate surface area is 102 Å². The molecule has 0 aromatic heterocycles. The second-order valence-electron chi connectivity index (χ2n) is 3.82. The maximum atomic E-state index is 5.17. The van der Waals surface area contributed by atoms with Crippen molar-refractivity contribution in [2.24, 2.45) is 0 Å². The van der Waals surface area contributed by atoms with Crippen molar-refractivity contribution in [2.45, 2.75) is 6.92 Å². The topological polar surface area (TPSA) is 9.23 Å². The van der Waals surface area contributed by atoms with Crippen LogP contribution in [0.4, 0.5) is 0 Å². The molecule has 1 heteroatoms. The molecule has 0 atom stereocenters. The molecule has 2 rings (SSSR count). The van der Waals surface area contributed by atoms with Crippen LogP contribution in [0.15, 0.2) is 54.6 Å². The van der Waals surface area contributed by atoms with Crippen molar-refractivity contribution in [3.63, 3.8) is 0 Å². The smallest absolute Gasteiger partial charge is 0.118 e. The van der Waals surface area contributed by atoms with Gasteiger partial charge >= 0.3 is 0 Å². The first-order valence-electron chi connectivity index (χ1n) is 5.71. The lowest BCUT2D eigenvalue weighted by atomic mass is 9.99. The molecule has 0 aliphatic rings. The summed E-state index contributed by atoms with van der Waals surface area (Å²) in [5, 5.41) is 0. The molecule has 17 heavy (non-hydrogen) atoms. The van der Waals surface area contributed by atoms with Gasteiger partial charge in [-0.2, -0.15) is 0 Å². The van der Waals surface area contributed by atoms with E-state index < -0.39 is 0 Å². The molecule has 2 aromatic carbocycles. The Kier molecular flexibility index (Phi) is 3.61. The average Bonchev–Trinajstić information content (AvgIpc) is 2.40. The van der Waals surface area contributed by atoms with Crippen molar-refractivity contribution in [3.8, 4) is 16.9 Å². The molecule has 0 spiro atoms. The summed E-state index contributed by atoms with van der Waals surface area (Å²) >= 11 is 0. The lowest BCUT2D eigenvalue weighted by Gasteiger charge is -2.07. The highest BCUT2D eigenvalue weighted by molar-refractivity contribution is 5.75. The fourth-order valence-electron chi connectivity index (χ4n) is 1.86. The van der Waals surface area contributed by atoms with Crippen LogP contribution in [0.25, 0.3) is 17.2 Å². The fraction of sp³-hybridized carbons (Fsp3) is 0.125. The van der Waals surface area contributed by atoms with Crippen LogP contribution in [0.5, 0.6) is 5.75 Å². The monoisotopic (exact) mass is 224 g/mol. The molecule has 0 amide bonds. The molecule has 1 nitrogen and oxygen atoms in total. The van der Waals surface area contributed by atoms with E-state index in [0.29, 0.717) is 0 Å². The standard InChI is InChI=1S/C16H16O/c1-3-6-13-7-4-5-8-16(13)14-9-11-15(17-2)12-10-14/h3-12H,1-2H3. The van der Waals surface area contributed by atoms with Gasteiger partial charge in [-0.05, 0) is 35.7 Å². The molecule has 0 aliphatic heterocycles. The summed E-state index contributed by atoms with van der Waals surface area (Å²) in [4.78, 5) is 0. The summed E-state index contributed by atoms with van der Waals surface area (Å²) in [5.74, 6) is 0.886. The van der Waals surface area contributed by atoms with E-state index in [1.165, 1.54) is 16.7 Å². The minimum absolute atomic E-state index is 0.886. The van der Waals surface area contributed by atoms with Crippen LogP contribution in [-0.4, -0.2) is 7.11 Å². The Morgan fingerprint density at radius 3 is 2.29 bits per heavy atom. The molecule has 0 N–H and O–H groups in total. The first-order valence-corrected chi connectivity index (χ1v) is 5.71. The third-order valence-electron chi connectivity index (χ3n) is 2.71. The van der Waals surface area contributed by atoms with Crippen LogP contribution in [0.2, 0.25) is 0 Å². The Morgan fingerprint density at radius 2 is 1.65 bits per heavy atom. The molecule has 0 aliphatic carbocycles. The van der Waals surface area contributed by atoms with E-state index in [0.717, 1.165) is 5.75 Å². The van der Waals surface area contributed by atoms with Gasteiger partial charge in [-0.15, -0.1) is 0 Å². The van der Waals surface area contributed by atoms with Crippen LogP contribution in [0, 0.1) is 0 Å². The molecule has 0 heterocycles. The van der Waals surface area contributed by atoms with E-state index in [1.54, 1.807) is 7.11 Å². The van der Waals surface area contributed by atoms with Crippen molar-refractivity contribution >= 4 is 6.08 Å². The highest BCUT2D eigenvalue weighted by Gasteiger charge is 2.01. The summed E-state index contributed by atoms with van der Waals surface area (Å²) in [6.45, 7) is 2.03. The SMILES string of the molecule is CC=Cc1ccccc1-c1ccc(OC)cc1. The molecule has 0 fully saturated rings. The van der Waals surface area contributed by atoms with Crippen molar-refractivity contribution in [2.75, 3.05) is 7.11 Å². The molecule has 0 unspecified atom stereocenters. The number of allylic oxidation sites excluding steroid dienone is 1. The summed E-state index contributed by atoms with van der Waals surface area (Å²) < 4.78 is 5.17. The first-order chi connectivity index (χ1) is 8.35. The Balaban J connectivity index is 2.44. The van der Waals surface area contributed by atoms with Gasteiger partial charge in [0, 0.05) is 0 Å². The predicted molar refractivity (Wildman–Crippen MR) is 73.1 cm³/mol. The van der Waals surface area contributed by atoms with Crippen LogP contribution in [0.3, 0.4) is 0 Å². The van der Waals surface area contributed by atoms with Gasteiger partial charge in [0.15, 0.2) is 0 Å². The Bertz CT molecular complexity index is 509. The molecule has 0 saturated carbocycles. The van der Waals surface area contributed by atoms with Crippen LogP contribution in [-0.2, 0) is 0 Å². The summed E-state index contributed by atoms with van der Waals surface area (Å²) in [7, 11) is 1.68. The Hall–Kier alpha value is -2.02. The number of benzene rings is 2. The number of hydrogen-bond donors (Lipinski definition) is 0. The molecular formula is C16H16O. The zero-order valence-corrected chi connectivity index (χ0v) is 10.2. The number of ether oxygens (including phenoxy) is 1. The van der Waals surface area contributed by atoms with E-state index in [2.05, 4.69) is 48.6 Å². The summed E-state index contributed by atoms with van der Waals surface area (Å²) in [6.07, 6.45) is 4.18. The zero-order chi connectivity index (χ0) is 12.1. The third kappa shape index (κ3) is 2.56. The number of hydrogen-bond acceptors (Lipinski definition) is 1. The molecular weight excluding hydrogens is 208 g/mol. The van der Waals surface area contributed by atoms with E-state index in [1.807, 2.05) is 19.1 Å². The van der Waals surface area contributed by atoms with Crippen molar-refractivity contribution in [1.29, 1.82) is 0 Å². The highest BCUT2D eigenvalue weighted by atomic mass is 16.5. The molecule has 0 saturated heterocycles. The van der Waals surface area contributed by atoms with E-state index in [-0.39, 0.29) is 0 Å². The first kappa shape index (κ1) is 11.5. The lowest BCUT2D eigenvalue weighted by molar-refractivity contribution is 0.415. The average molecular weight is 224 g/mol. The molecule has 86 valence electrons. The van der Waals surface area contributed by atoms with Gasteiger partial charge < -0.3 is 4.74 Å². The third-order valence-corrected chi connectivity index (χ3v) is 2.71. The van der Waals surface area contributed by atoms with Crippen LogP contribution in [0.1, 0.15) is 12.5 Å². The van der Waals surface area contributed by atoms with Gasteiger partial charge in [-0.1, -0.05) is 48.6 Å².